The van der Waals surface area contributed by atoms with Crippen LogP contribution in [0.4, 0.5) is 16.2 Å². The number of hydrogen-bond donors (Lipinski definition) is 2. The average molecular weight is 367 g/mol. The quantitative estimate of drug-likeness (QED) is 0.819. The molecule has 0 spiro atoms. The maximum atomic E-state index is 12.7. The predicted octanol–water partition coefficient (Wildman–Crippen LogP) is 3.65. The van der Waals surface area contributed by atoms with Gasteiger partial charge in [0.25, 0.3) is 5.91 Å². The van der Waals surface area contributed by atoms with E-state index < -0.39 is 0 Å². The van der Waals surface area contributed by atoms with Crippen LogP contribution in [-0.4, -0.2) is 38.2 Å². The number of amides is 3. The monoisotopic (exact) mass is 367 g/mol. The standard InChI is InChI=1S/C21H25N3O3/c1-24(18-9-3-2-4-10-18)20(25)16-7-5-8-17(15-16)23-21(26)22-13-12-19-11-6-14-27-19/h2-5,7-10,15,19H,6,11-14H2,1H3,(H2,22,23,26)/t19-/m1/s1. The van der Waals surface area contributed by atoms with Crippen LogP contribution in [0.3, 0.4) is 0 Å². The molecule has 1 aliphatic heterocycles. The summed E-state index contributed by atoms with van der Waals surface area (Å²) in [5.41, 5.74) is 1.91. The van der Waals surface area contributed by atoms with Crippen LogP contribution in [0.5, 0.6) is 0 Å². The van der Waals surface area contributed by atoms with E-state index in [0.717, 1.165) is 31.6 Å². The van der Waals surface area contributed by atoms with Crippen LogP contribution in [0.2, 0.25) is 0 Å². The molecule has 0 bridgehead atoms. The van der Waals surface area contributed by atoms with Crippen LogP contribution in [0.15, 0.2) is 54.6 Å². The summed E-state index contributed by atoms with van der Waals surface area (Å²) in [5.74, 6) is -0.136. The fourth-order valence-electron chi connectivity index (χ4n) is 3.09. The fraction of sp³-hybridized carbons (Fsp3) is 0.333. The lowest BCUT2D eigenvalue weighted by Gasteiger charge is -2.18. The zero-order valence-corrected chi connectivity index (χ0v) is 15.5. The zero-order valence-electron chi connectivity index (χ0n) is 15.5. The highest BCUT2D eigenvalue weighted by Gasteiger charge is 2.16. The molecule has 1 fully saturated rings. The molecule has 2 aromatic carbocycles. The van der Waals surface area contributed by atoms with Crippen molar-refractivity contribution in [3.63, 3.8) is 0 Å². The van der Waals surface area contributed by atoms with Gasteiger partial charge in [0.05, 0.1) is 6.10 Å². The van der Waals surface area contributed by atoms with E-state index in [1.807, 2.05) is 30.3 Å². The van der Waals surface area contributed by atoms with Crippen molar-refractivity contribution >= 4 is 23.3 Å². The zero-order chi connectivity index (χ0) is 19.1. The van der Waals surface area contributed by atoms with Crippen molar-refractivity contribution in [2.45, 2.75) is 25.4 Å². The number of urea groups is 1. The molecule has 2 N–H and O–H groups in total. The molecule has 0 saturated carbocycles. The Labute approximate surface area is 159 Å². The van der Waals surface area contributed by atoms with Gasteiger partial charge in [-0.05, 0) is 49.6 Å². The lowest BCUT2D eigenvalue weighted by molar-refractivity contribution is 0.0992. The van der Waals surface area contributed by atoms with Crippen molar-refractivity contribution in [2.75, 3.05) is 30.4 Å². The smallest absolute Gasteiger partial charge is 0.319 e. The second-order valence-electron chi connectivity index (χ2n) is 6.59. The van der Waals surface area contributed by atoms with Crippen LogP contribution in [0, 0.1) is 0 Å². The van der Waals surface area contributed by atoms with Crippen molar-refractivity contribution in [1.82, 2.24) is 5.32 Å². The van der Waals surface area contributed by atoms with Crippen molar-refractivity contribution in [1.29, 1.82) is 0 Å². The number of nitrogens with zero attached hydrogens (tertiary/aromatic N) is 1. The summed E-state index contributed by atoms with van der Waals surface area (Å²) in [4.78, 5) is 26.3. The Kier molecular flexibility index (Phi) is 6.44. The Morgan fingerprint density at radius 3 is 2.70 bits per heavy atom. The molecule has 6 heteroatoms. The van der Waals surface area contributed by atoms with E-state index in [0.29, 0.717) is 17.8 Å². The largest absolute Gasteiger partial charge is 0.378 e. The molecule has 1 heterocycles. The van der Waals surface area contributed by atoms with Gasteiger partial charge in [0.2, 0.25) is 0 Å². The number of ether oxygens (including phenoxy) is 1. The van der Waals surface area contributed by atoms with Gasteiger partial charge in [0.15, 0.2) is 0 Å². The molecule has 0 radical (unpaired) electrons. The highest BCUT2D eigenvalue weighted by Crippen LogP contribution is 2.18. The van der Waals surface area contributed by atoms with Crippen molar-refractivity contribution < 1.29 is 14.3 Å². The molecule has 0 unspecified atom stereocenters. The lowest BCUT2D eigenvalue weighted by Crippen LogP contribution is -2.31. The molecule has 3 amide bonds. The minimum Gasteiger partial charge on any atom is -0.378 e. The van der Waals surface area contributed by atoms with Crippen molar-refractivity contribution in [2.24, 2.45) is 0 Å². The Balaban J connectivity index is 1.54. The van der Waals surface area contributed by atoms with Crippen molar-refractivity contribution in [3.05, 3.63) is 60.2 Å². The molecular weight excluding hydrogens is 342 g/mol. The van der Waals surface area contributed by atoms with Crippen LogP contribution < -0.4 is 15.5 Å². The second kappa shape index (κ2) is 9.19. The molecule has 1 aliphatic rings. The van der Waals surface area contributed by atoms with Crippen LogP contribution >= 0.6 is 0 Å². The number of para-hydroxylation sites is 1. The summed E-state index contributed by atoms with van der Waals surface area (Å²) in [5, 5.41) is 5.61. The summed E-state index contributed by atoms with van der Waals surface area (Å²) in [6.45, 7) is 1.38. The first kappa shape index (κ1) is 18.9. The maximum Gasteiger partial charge on any atom is 0.319 e. The third kappa shape index (κ3) is 5.31. The van der Waals surface area contributed by atoms with E-state index in [4.69, 9.17) is 4.74 Å². The van der Waals surface area contributed by atoms with Crippen molar-refractivity contribution in [3.8, 4) is 0 Å². The first-order valence-electron chi connectivity index (χ1n) is 9.23. The molecule has 6 nitrogen and oxygen atoms in total. The minimum absolute atomic E-state index is 0.136. The molecule has 0 aromatic heterocycles. The molecular formula is C21H25N3O3. The summed E-state index contributed by atoms with van der Waals surface area (Å²) >= 11 is 0. The second-order valence-corrected chi connectivity index (χ2v) is 6.59. The highest BCUT2D eigenvalue weighted by molar-refractivity contribution is 6.06. The number of nitrogens with one attached hydrogen (secondary N) is 2. The summed E-state index contributed by atoms with van der Waals surface area (Å²) in [7, 11) is 1.73. The molecule has 27 heavy (non-hydrogen) atoms. The van der Waals surface area contributed by atoms with E-state index in [2.05, 4.69) is 10.6 Å². The van der Waals surface area contributed by atoms with Gasteiger partial charge in [0.1, 0.15) is 0 Å². The number of benzene rings is 2. The third-order valence-corrected chi connectivity index (χ3v) is 4.59. The first-order valence-corrected chi connectivity index (χ1v) is 9.23. The summed E-state index contributed by atoms with van der Waals surface area (Å²) in [6.07, 6.45) is 3.21. The molecule has 0 aliphatic carbocycles. The Bertz CT molecular complexity index is 773. The summed E-state index contributed by atoms with van der Waals surface area (Å²) in [6, 6.07) is 16.1. The van der Waals surface area contributed by atoms with Gasteiger partial charge in [-0.2, -0.15) is 0 Å². The van der Waals surface area contributed by atoms with Gasteiger partial charge in [-0.15, -0.1) is 0 Å². The third-order valence-electron chi connectivity index (χ3n) is 4.59. The van der Waals surface area contributed by atoms with Crippen LogP contribution in [0.1, 0.15) is 29.6 Å². The number of carbonyl (C=O) groups excluding carboxylic acids is 2. The lowest BCUT2D eigenvalue weighted by atomic mass is 10.1. The van der Waals surface area contributed by atoms with Crippen LogP contribution in [0.25, 0.3) is 0 Å². The number of carbonyl (C=O) groups is 2. The first-order chi connectivity index (χ1) is 13.1. The molecule has 3 rings (SSSR count). The molecule has 2 aromatic rings. The minimum atomic E-state index is -0.283. The van der Waals surface area contributed by atoms with E-state index in [9.17, 15) is 9.59 Å². The van der Waals surface area contributed by atoms with E-state index in [1.54, 1.807) is 36.2 Å². The average Bonchev–Trinajstić information content (AvgIpc) is 3.21. The van der Waals surface area contributed by atoms with Gasteiger partial charge in [-0.3, -0.25) is 4.79 Å². The van der Waals surface area contributed by atoms with E-state index in [-0.39, 0.29) is 18.0 Å². The fourth-order valence-corrected chi connectivity index (χ4v) is 3.09. The van der Waals surface area contributed by atoms with Crippen LogP contribution in [-0.2, 0) is 4.74 Å². The van der Waals surface area contributed by atoms with Gasteiger partial charge in [-0.1, -0.05) is 24.3 Å². The normalized spacial score (nSPS) is 16.0. The number of rotatable bonds is 6. The van der Waals surface area contributed by atoms with Gasteiger partial charge in [-0.25, -0.2) is 4.79 Å². The number of anilines is 2. The van der Waals surface area contributed by atoms with Gasteiger partial charge < -0.3 is 20.3 Å². The number of hydrogen-bond acceptors (Lipinski definition) is 3. The molecule has 1 saturated heterocycles. The van der Waals surface area contributed by atoms with E-state index >= 15 is 0 Å². The predicted molar refractivity (Wildman–Crippen MR) is 106 cm³/mol. The SMILES string of the molecule is CN(C(=O)c1cccc(NC(=O)NCC[C@H]2CCCO2)c1)c1ccccc1. The topological polar surface area (TPSA) is 70.7 Å². The maximum absolute atomic E-state index is 12.7. The van der Waals surface area contributed by atoms with Gasteiger partial charge in [0, 0.05) is 37.1 Å². The molecule has 142 valence electrons. The Morgan fingerprint density at radius 2 is 1.96 bits per heavy atom. The highest BCUT2D eigenvalue weighted by atomic mass is 16.5. The Hall–Kier alpha value is -2.86. The summed E-state index contributed by atoms with van der Waals surface area (Å²) < 4.78 is 5.54. The Morgan fingerprint density at radius 1 is 1.15 bits per heavy atom. The molecule has 1 atom stereocenters. The van der Waals surface area contributed by atoms with Gasteiger partial charge >= 0.3 is 6.03 Å². The van der Waals surface area contributed by atoms with E-state index in [1.165, 1.54) is 0 Å².